The number of thiazole rings is 1. The molecule has 3 rings (SSSR count). The summed E-state index contributed by atoms with van der Waals surface area (Å²) in [4.78, 5) is 48.0. The van der Waals surface area contributed by atoms with Gasteiger partial charge in [-0.05, 0) is 12.2 Å². The van der Waals surface area contributed by atoms with Crippen LogP contribution in [-0.2, 0) is 19.2 Å². The van der Waals surface area contributed by atoms with Crippen LogP contribution in [0.4, 0.5) is 5.13 Å². The molecule has 0 spiro atoms. The Morgan fingerprint density at radius 3 is 2.75 bits per heavy atom. The minimum absolute atomic E-state index is 0.0718. The van der Waals surface area contributed by atoms with Crippen molar-refractivity contribution in [1.29, 1.82) is 0 Å². The molecule has 1 aromatic rings. The lowest BCUT2D eigenvalue weighted by Gasteiger charge is -2.49. The Bertz CT molecular complexity index is 1030. The average Bonchev–Trinajstić information content (AvgIpc) is 3.14. The number of carboxylic acid groups (broad SMARTS) is 1. The number of oxime groups is 1. The van der Waals surface area contributed by atoms with Crippen molar-refractivity contribution < 1.29 is 28.8 Å². The Morgan fingerprint density at radius 1 is 1.47 bits per heavy atom. The van der Waals surface area contributed by atoms with Gasteiger partial charge in [-0.3, -0.25) is 14.5 Å². The topological polar surface area (TPSA) is 147 Å². The number of nitrogen functional groups attached to an aromatic ring is 1. The molecule has 1 saturated heterocycles. The van der Waals surface area contributed by atoms with E-state index >= 15 is 0 Å². The molecule has 32 heavy (non-hydrogen) atoms. The first-order valence-electron chi connectivity index (χ1n) is 9.57. The minimum atomic E-state index is -1.19. The molecule has 1 fully saturated rings. The largest absolute Gasteiger partial charge is 0.477 e. The molecular weight excluding hydrogens is 456 g/mol. The normalized spacial score (nSPS) is 21.4. The van der Waals surface area contributed by atoms with Crippen LogP contribution in [0.5, 0.6) is 0 Å². The third-order valence-electron chi connectivity index (χ3n) is 4.68. The van der Waals surface area contributed by atoms with Gasteiger partial charge in [0.1, 0.15) is 24.5 Å². The number of hydrogen-bond donors (Lipinski definition) is 3. The SMILES string of the molecule is CON=C(C(=O)NC1C(=O)N2C(C(=O)O)=C(/C=C\C[N+](C)(C)C)SCC12)c1csc(N)n1. The number of anilines is 1. The predicted molar refractivity (Wildman–Crippen MR) is 122 cm³/mol. The molecule has 3 heterocycles. The van der Waals surface area contributed by atoms with Gasteiger partial charge in [0, 0.05) is 16.0 Å². The van der Waals surface area contributed by atoms with Crippen LogP contribution in [0.25, 0.3) is 0 Å². The van der Waals surface area contributed by atoms with Crippen LogP contribution in [0.3, 0.4) is 0 Å². The number of amides is 2. The van der Waals surface area contributed by atoms with Gasteiger partial charge < -0.3 is 25.5 Å². The summed E-state index contributed by atoms with van der Waals surface area (Å²) < 4.78 is 0.687. The number of aromatic nitrogens is 1. The molecule has 13 heteroatoms. The van der Waals surface area contributed by atoms with Crippen LogP contribution in [0, 0.1) is 0 Å². The number of hydrogen-bond acceptors (Lipinski definition) is 9. The van der Waals surface area contributed by atoms with Crippen LogP contribution >= 0.6 is 23.1 Å². The van der Waals surface area contributed by atoms with E-state index in [1.807, 2.05) is 27.2 Å². The second kappa shape index (κ2) is 9.30. The number of carbonyl (C=O) groups excluding carboxylic acids is 2. The van der Waals surface area contributed by atoms with Crippen LogP contribution in [0.15, 0.2) is 33.3 Å². The van der Waals surface area contributed by atoms with E-state index in [1.54, 1.807) is 11.5 Å². The zero-order valence-corrected chi connectivity index (χ0v) is 19.7. The van der Waals surface area contributed by atoms with Crippen molar-refractivity contribution in [2.45, 2.75) is 12.1 Å². The van der Waals surface area contributed by atoms with Gasteiger partial charge in [0.15, 0.2) is 10.8 Å². The van der Waals surface area contributed by atoms with Gasteiger partial charge in [0.25, 0.3) is 11.8 Å². The van der Waals surface area contributed by atoms with Crippen molar-refractivity contribution >= 4 is 51.7 Å². The number of aliphatic carboxylic acids is 1. The Hall–Kier alpha value is -2.90. The van der Waals surface area contributed by atoms with E-state index in [0.29, 0.717) is 21.7 Å². The second-order valence-electron chi connectivity index (χ2n) is 8.12. The minimum Gasteiger partial charge on any atom is -0.477 e. The Balaban J connectivity index is 1.78. The van der Waals surface area contributed by atoms with Gasteiger partial charge in [-0.15, -0.1) is 23.1 Å². The number of fused-ring (bicyclic) bond motifs is 1. The summed E-state index contributed by atoms with van der Waals surface area (Å²) in [6.07, 6.45) is 3.63. The quantitative estimate of drug-likeness (QED) is 0.205. The first kappa shape index (κ1) is 23.8. The molecule has 172 valence electrons. The molecule has 2 amide bonds. The summed E-state index contributed by atoms with van der Waals surface area (Å²) >= 11 is 2.48. The molecule has 4 N–H and O–H groups in total. The van der Waals surface area contributed by atoms with E-state index in [0.717, 1.165) is 11.3 Å². The molecule has 2 unspecified atom stereocenters. The van der Waals surface area contributed by atoms with Crippen molar-refractivity contribution in [3.63, 3.8) is 0 Å². The Morgan fingerprint density at radius 2 is 2.19 bits per heavy atom. The van der Waals surface area contributed by atoms with E-state index < -0.39 is 29.9 Å². The highest BCUT2D eigenvalue weighted by atomic mass is 32.2. The van der Waals surface area contributed by atoms with Gasteiger partial charge in [0.2, 0.25) is 0 Å². The number of nitrogens with zero attached hydrogens (tertiary/aromatic N) is 4. The lowest BCUT2D eigenvalue weighted by atomic mass is 9.94. The lowest BCUT2D eigenvalue weighted by Crippen LogP contribution is -2.73. The number of β-lactam (4-membered cyclic amide) rings is 1. The third-order valence-corrected chi connectivity index (χ3v) is 6.50. The number of thioether (sulfide) groups is 1. The molecule has 0 aromatic carbocycles. The maximum Gasteiger partial charge on any atom is 0.353 e. The number of quaternary nitrogens is 1. The Labute approximate surface area is 193 Å². The van der Waals surface area contributed by atoms with Crippen molar-refractivity contribution in [3.8, 4) is 0 Å². The first-order chi connectivity index (χ1) is 15.0. The molecule has 0 saturated carbocycles. The fourth-order valence-corrected chi connectivity index (χ4v) is 4.98. The monoisotopic (exact) mass is 481 g/mol. The molecule has 0 radical (unpaired) electrons. The van der Waals surface area contributed by atoms with E-state index in [-0.39, 0.29) is 22.2 Å². The average molecular weight is 482 g/mol. The number of nitrogens with one attached hydrogen (secondary N) is 1. The number of rotatable bonds is 8. The maximum atomic E-state index is 12.8. The van der Waals surface area contributed by atoms with Crippen molar-refractivity contribution in [3.05, 3.63) is 33.8 Å². The fraction of sp³-hybridized carbons (Fsp3) is 0.421. The number of allylic oxidation sites excluding steroid dienone is 1. The predicted octanol–water partition coefficient (Wildman–Crippen LogP) is 0.0768. The summed E-state index contributed by atoms with van der Waals surface area (Å²) in [6.45, 7) is 0.704. The summed E-state index contributed by atoms with van der Waals surface area (Å²) in [7, 11) is 7.35. The third kappa shape index (κ3) is 4.95. The standard InChI is InChI=1S/C19H24N6O5S2/c1-25(2,3)7-5-6-12-15(18(28)29)24-11(9-31-12)14(17(24)27)22-16(26)13(23-30-4)10-8-32-19(20)21-10/h5-6,8,11,14H,7,9H2,1-4H3,(H3-,20,21,22,26,28,29)/p+1/b6-5-,23-13?. The maximum absolute atomic E-state index is 12.8. The summed E-state index contributed by atoms with van der Waals surface area (Å²) in [5.41, 5.74) is 5.66. The number of likely N-dealkylation sites (N-methyl/N-ethyl adjacent to an activating group) is 1. The summed E-state index contributed by atoms with van der Waals surface area (Å²) in [6, 6.07) is -1.36. The highest BCUT2D eigenvalue weighted by Gasteiger charge is 2.54. The highest BCUT2D eigenvalue weighted by Crippen LogP contribution is 2.39. The van der Waals surface area contributed by atoms with Gasteiger partial charge in [0.05, 0.1) is 33.7 Å². The van der Waals surface area contributed by atoms with Gasteiger partial charge >= 0.3 is 5.97 Å². The van der Waals surface area contributed by atoms with E-state index in [2.05, 4.69) is 15.5 Å². The summed E-state index contributed by atoms with van der Waals surface area (Å²) in [5.74, 6) is -1.90. The zero-order valence-electron chi connectivity index (χ0n) is 18.1. The lowest BCUT2D eigenvalue weighted by molar-refractivity contribution is -0.864. The zero-order chi connectivity index (χ0) is 23.6. The van der Waals surface area contributed by atoms with E-state index in [4.69, 9.17) is 10.6 Å². The van der Waals surface area contributed by atoms with E-state index in [9.17, 15) is 19.5 Å². The highest BCUT2D eigenvalue weighted by molar-refractivity contribution is 8.03. The van der Waals surface area contributed by atoms with E-state index in [1.165, 1.54) is 23.8 Å². The smallest absolute Gasteiger partial charge is 0.353 e. The second-order valence-corrected chi connectivity index (χ2v) is 10.1. The van der Waals surface area contributed by atoms with Crippen LogP contribution in [0.2, 0.25) is 0 Å². The van der Waals surface area contributed by atoms with Gasteiger partial charge in [-0.25, -0.2) is 9.78 Å². The molecule has 1 aromatic heterocycles. The molecule has 11 nitrogen and oxygen atoms in total. The Kier molecular flexibility index (Phi) is 6.91. The molecule has 2 aliphatic heterocycles. The van der Waals surface area contributed by atoms with Crippen molar-refractivity contribution in [2.75, 3.05) is 46.3 Å². The fourth-order valence-electron chi connectivity index (χ4n) is 3.22. The van der Waals surface area contributed by atoms with Gasteiger partial charge in [-0.2, -0.15) is 0 Å². The molecule has 2 aliphatic rings. The molecule has 0 bridgehead atoms. The van der Waals surface area contributed by atoms with Crippen molar-refractivity contribution in [2.24, 2.45) is 5.16 Å². The van der Waals surface area contributed by atoms with Crippen molar-refractivity contribution in [1.82, 2.24) is 15.2 Å². The van der Waals surface area contributed by atoms with Crippen LogP contribution in [0.1, 0.15) is 5.69 Å². The first-order valence-corrected chi connectivity index (χ1v) is 11.4. The van der Waals surface area contributed by atoms with Crippen LogP contribution in [-0.4, -0.2) is 95.6 Å². The number of carboxylic acids is 1. The number of nitrogens with two attached hydrogens (primary N) is 1. The number of carbonyl (C=O) groups is 3. The van der Waals surface area contributed by atoms with Gasteiger partial charge in [-0.1, -0.05) is 5.16 Å². The molecule has 0 aliphatic carbocycles. The molecular formula is C19H25N6O5S2+. The van der Waals surface area contributed by atoms with Crippen LogP contribution < -0.4 is 11.1 Å². The molecule has 2 atom stereocenters. The summed E-state index contributed by atoms with van der Waals surface area (Å²) in [5, 5.41) is 17.9.